The summed E-state index contributed by atoms with van der Waals surface area (Å²) >= 11 is 0. The number of rotatable bonds is 7. The Morgan fingerprint density at radius 3 is 1.89 bits per heavy atom. The van der Waals surface area contributed by atoms with Gasteiger partial charge in [-0.3, -0.25) is 0 Å². The Labute approximate surface area is 164 Å². The average molecular weight is 376 g/mol. The molecular formula is C20H24N8. The van der Waals surface area contributed by atoms with Gasteiger partial charge in [-0.05, 0) is 35.4 Å². The number of anilines is 3. The lowest BCUT2D eigenvalue weighted by Crippen LogP contribution is -2.08. The van der Waals surface area contributed by atoms with Crippen molar-refractivity contribution in [2.75, 3.05) is 43.4 Å². The molecule has 28 heavy (non-hydrogen) atoms. The molecule has 0 aliphatic rings. The molecule has 144 valence electrons. The van der Waals surface area contributed by atoms with E-state index in [2.05, 4.69) is 30.7 Å². The van der Waals surface area contributed by atoms with Gasteiger partial charge < -0.3 is 9.80 Å². The molecule has 2 aromatic carbocycles. The summed E-state index contributed by atoms with van der Waals surface area (Å²) < 4.78 is 1.53. The van der Waals surface area contributed by atoms with Crippen LogP contribution in [0.5, 0.6) is 0 Å². The highest BCUT2D eigenvalue weighted by Gasteiger charge is 2.01. The first-order valence-electron chi connectivity index (χ1n) is 8.81. The molecule has 0 aliphatic heterocycles. The molecule has 1 heterocycles. The summed E-state index contributed by atoms with van der Waals surface area (Å²) in [6.07, 6.45) is 4.99. The highest BCUT2D eigenvalue weighted by Crippen LogP contribution is 2.12. The minimum Gasteiger partial charge on any atom is -0.378 e. The largest absolute Gasteiger partial charge is 0.378 e. The molecule has 0 radical (unpaired) electrons. The van der Waals surface area contributed by atoms with Crippen molar-refractivity contribution in [2.24, 2.45) is 10.2 Å². The first-order valence-corrected chi connectivity index (χ1v) is 8.81. The molecule has 0 aliphatic carbocycles. The zero-order valence-corrected chi connectivity index (χ0v) is 16.5. The maximum atomic E-state index is 4.38. The predicted molar refractivity (Wildman–Crippen MR) is 116 cm³/mol. The molecule has 0 fully saturated rings. The van der Waals surface area contributed by atoms with E-state index in [1.165, 1.54) is 11.0 Å². The van der Waals surface area contributed by atoms with Gasteiger partial charge in [-0.2, -0.15) is 14.9 Å². The fourth-order valence-electron chi connectivity index (χ4n) is 2.40. The molecule has 0 amide bonds. The summed E-state index contributed by atoms with van der Waals surface area (Å²) in [7, 11) is 8.04. The summed E-state index contributed by atoms with van der Waals surface area (Å²) in [6.45, 7) is 0. The summed E-state index contributed by atoms with van der Waals surface area (Å²) in [5.74, 6) is 0.433. The van der Waals surface area contributed by atoms with Gasteiger partial charge in [0.15, 0.2) is 0 Å². The normalized spacial score (nSPS) is 11.3. The van der Waals surface area contributed by atoms with Crippen LogP contribution in [-0.4, -0.2) is 55.5 Å². The van der Waals surface area contributed by atoms with Crippen molar-refractivity contribution in [3.63, 3.8) is 0 Å². The number of hydrogen-bond donors (Lipinski definition) is 1. The third-order valence-corrected chi connectivity index (χ3v) is 4.06. The van der Waals surface area contributed by atoms with Crippen LogP contribution < -0.4 is 15.2 Å². The number of aromatic nitrogens is 3. The predicted octanol–water partition coefficient (Wildman–Crippen LogP) is 2.74. The van der Waals surface area contributed by atoms with Crippen molar-refractivity contribution in [1.82, 2.24) is 14.9 Å². The number of benzene rings is 2. The van der Waals surface area contributed by atoms with Gasteiger partial charge in [-0.15, -0.1) is 10.2 Å². The van der Waals surface area contributed by atoms with Gasteiger partial charge in [-0.25, -0.2) is 5.43 Å². The third kappa shape index (κ3) is 4.94. The van der Waals surface area contributed by atoms with E-state index < -0.39 is 0 Å². The molecule has 1 N–H and O–H groups in total. The number of hydrogen-bond acceptors (Lipinski definition) is 7. The zero-order chi connectivity index (χ0) is 19.9. The van der Waals surface area contributed by atoms with Crippen LogP contribution >= 0.6 is 0 Å². The number of nitrogens with zero attached hydrogens (tertiary/aromatic N) is 7. The Morgan fingerprint density at radius 1 is 0.821 bits per heavy atom. The van der Waals surface area contributed by atoms with Crippen molar-refractivity contribution in [1.29, 1.82) is 0 Å². The highest BCUT2D eigenvalue weighted by atomic mass is 15.5. The van der Waals surface area contributed by atoms with Crippen LogP contribution in [0.2, 0.25) is 0 Å². The second kappa shape index (κ2) is 8.81. The monoisotopic (exact) mass is 376 g/mol. The van der Waals surface area contributed by atoms with Gasteiger partial charge in [0, 0.05) is 39.6 Å². The van der Waals surface area contributed by atoms with E-state index in [1.807, 2.05) is 81.6 Å². The first kappa shape index (κ1) is 19.1. The number of hydrazone groups is 1. The second-order valence-electron chi connectivity index (χ2n) is 6.59. The lowest BCUT2D eigenvalue weighted by Gasteiger charge is -2.11. The van der Waals surface area contributed by atoms with Crippen LogP contribution in [0.3, 0.4) is 0 Å². The van der Waals surface area contributed by atoms with E-state index in [0.717, 1.165) is 22.5 Å². The van der Waals surface area contributed by atoms with Gasteiger partial charge in [0.2, 0.25) is 0 Å². The maximum Gasteiger partial charge on any atom is 0.265 e. The van der Waals surface area contributed by atoms with Gasteiger partial charge in [0.05, 0.1) is 12.4 Å². The van der Waals surface area contributed by atoms with Crippen molar-refractivity contribution in [3.8, 4) is 0 Å². The maximum absolute atomic E-state index is 4.38. The van der Waals surface area contributed by atoms with Crippen LogP contribution in [0.4, 0.5) is 17.3 Å². The molecule has 0 bridgehead atoms. The molecule has 1 aromatic heterocycles. The second-order valence-corrected chi connectivity index (χ2v) is 6.59. The third-order valence-electron chi connectivity index (χ3n) is 4.06. The summed E-state index contributed by atoms with van der Waals surface area (Å²) in [4.78, 5) is 4.10. The number of nitrogens with one attached hydrogen (secondary N) is 1. The van der Waals surface area contributed by atoms with Crippen molar-refractivity contribution in [2.45, 2.75) is 0 Å². The molecule has 0 saturated heterocycles. The van der Waals surface area contributed by atoms with E-state index in [4.69, 9.17) is 0 Å². The summed E-state index contributed by atoms with van der Waals surface area (Å²) in [5.41, 5.74) is 7.10. The molecule has 3 rings (SSSR count). The zero-order valence-electron chi connectivity index (χ0n) is 16.5. The molecule has 0 unspecified atom stereocenters. The first-order chi connectivity index (χ1) is 13.5. The van der Waals surface area contributed by atoms with Crippen LogP contribution in [-0.2, 0) is 0 Å². The van der Waals surface area contributed by atoms with Gasteiger partial charge in [0.1, 0.15) is 6.33 Å². The Hall–Kier alpha value is -3.68. The SMILES string of the molecule is CN(C)c1ccc(C=NNc2nncn2/N=C/c2ccc(N(C)C)cc2)cc1. The van der Waals surface area contributed by atoms with E-state index in [-0.39, 0.29) is 0 Å². The van der Waals surface area contributed by atoms with Crippen LogP contribution in [0.15, 0.2) is 65.1 Å². The van der Waals surface area contributed by atoms with Gasteiger partial charge in [0.25, 0.3) is 5.95 Å². The Kier molecular flexibility index (Phi) is 6.01. The fourth-order valence-corrected chi connectivity index (χ4v) is 2.40. The minimum atomic E-state index is 0.433. The standard InChI is InChI=1S/C20H24N8/c1-26(2)18-9-5-16(6-10-18)13-21-24-20-25-22-15-28(20)23-14-17-7-11-19(12-8-17)27(3)4/h5-15H,1-4H3,(H,24,25)/b21-13?,23-14+. The van der Waals surface area contributed by atoms with Gasteiger partial charge >= 0.3 is 0 Å². The van der Waals surface area contributed by atoms with Crippen LogP contribution in [0.25, 0.3) is 0 Å². The Morgan fingerprint density at radius 2 is 1.36 bits per heavy atom. The van der Waals surface area contributed by atoms with Crippen molar-refractivity contribution < 1.29 is 0 Å². The molecule has 0 saturated carbocycles. The van der Waals surface area contributed by atoms with E-state index in [1.54, 1.807) is 12.4 Å². The molecule has 8 heteroatoms. The smallest absolute Gasteiger partial charge is 0.265 e. The molecule has 0 atom stereocenters. The van der Waals surface area contributed by atoms with E-state index >= 15 is 0 Å². The topological polar surface area (TPSA) is 73.9 Å². The fraction of sp³-hybridized carbons (Fsp3) is 0.200. The molecule has 0 spiro atoms. The highest BCUT2D eigenvalue weighted by molar-refractivity contribution is 5.81. The van der Waals surface area contributed by atoms with Crippen molar-refractivity contribution >= 4 is 29.8 Å². The van der Waals surface area contributed by atoms with Crippen molar-refractivity contribution in [3.05, 3.63) is 66.0 Å². The molecular weight excluding hydrogens is 352 g/mol. The lowest BCUT2D eigenvalue weighted by atomic mass is 10.2. The molecule has 8 nitrogen and oxygen atoms in total. The average Bonchev–Trinajstić information content (AvgIpc) is 3.14. The summed E-state index contributed by atoms with van der Waals surface area (Å²) in [6, 6.07) is 16.2. The molecule has 3 aromatic rings. The Balaban J connectivity index is 1.63. The quantitative estimate of drug-likeness (QED) is 0.507. The summed E-state index contributed by atoms with van der Waals surface area (Å²) in [5, 5.41) is 16.5. The lowest BCUT2D eigenvalue weighted by molar-refractivity contribution is 0.879. The van der Waals surface area contributed by atoms with Crippen LogP contribution in [0.1, 0.15) is 11.1 Å². The van der Waals surface area contributed by atoms with E-state index in [0.29, 0.717) is 5.95 Å². The van der Waals surface area contributed by atoms with E-state index in [9.17, 15) is 0 Å². The Bertz CT molecular complexity index is 937. The van der Waals surface area contributed by atoms with Gasteiger partial charge in [-0.1, -0.05) is 24.3 Å². The minimum absolute atomic E-state index is 0.433. The van der Waals surface area contributed by atoms with Crippen LogP contribution in [0, 0.1) is 0 Å².